The number of hydrogen-bond acceptors (Lipinski definition) is 2. The second-order valence-electron chi connectivity index (χ2n) is 1.53. The average molecular weight is 153 g/mol. The van der Waals surface area contributed by atoms with Crippen molar-refractivity contribution in [3.63, 3.8) is 0 Å². The number of ketones is 2. The smallest absolute Gasteiger partial charge is 0.219 e. The van der Waals surface area contributed by atoms with Crippen LogP contribution in [0.4, 0.5) is 0 Å². The number of carbonyl (C=O) groups is 2. The number of halogens is 2. The Morgan fingerprint density at radius 2 is 1.25 bits per heavy atom. The third-order valence-corrected chi connectivity index (χ3v) is 2.03. The Bertz CT molecular complexity index is 136. The summed E-state index contributed by atoms with van der Waals surface area (Å²) in [5.74, 6) is -1.13. The van der Waals surface area contributed by atoms with Gasteiger partial charge < -0.3 is 0 Å². The van der Waals surface area contributed by atoms with E-state index in [0.717, 1.165) is 0 Å². The topological polar surface area (TPSA) is 34.1 Å². The van der Waals surface area contributed by atoms with Crippen molar-refractivity contribution in [3.8, 4) is 0 Å². The van der Waals surface area contributed by atoms with Crippen LogP contribution in [0.15, 0.2) is 0 Å². The van der Waals surface area contributed by atoms with Crippen molar-refractivity contribution in [1.29, 1.82) is 0 Å². The first-order valence-electron chi connectivity index (χ1n) is 2.01. The maximum Gasteiger partial charge on any atom is 0.219 e. The standard InChI is InChI=1S/C4H2Cl2O2/c5-1-2(6)4(8)3(1)7/h1-2H. The highest BCUT2D eigenvalue weighted by Crippen LogP contribution is 2.23. The Kier molecular flexibility index (Phi) is 1.29. The van der Waals surface area contributed by atoms with Crippen LogP contribution in [0.5, 0.6) is 0 Å². The van der Waals surface area contributed by atoms with E-state index in [4.69, 9.17) is 23.2 Å². The van der Waals surface area contributed by atoms with Gasteiger partial charge in [0.25, 0.3) is 0 Å². The molecule has 2 unspecified atom stereocenters. The van der Waals surface area contributed by atoms with E-state index in [1.54, 1.807) is 0 Å². The number of Topliss-reactive ketones (excluding diaryl/α,β-unsaturated/α-hetero) is 2. The number of alkyl halides is 2. The molecule has 4 heteroatoms. The highest BCUT2D eigenvalue weighted by molar-refractivity contribution is 6.67. The Hall–Kier alpha value is -0.0800. The maximum absolute atomic E-state index is 10.2. The summed E-state index contributed by atoms with van der Waals surface area (Å²) in [6.45, 7) is 0. The molecule has 0 aromatic rings. The number of carbonyl (C=O) groups excluding carboxylic acids is 2. The van der Waals surface area contributed by atoms with Crippen LogP contribution in [0.1, 0.15) is 0 Å². The van der Waals surface area contributed by atoms with E-state index in [2.05, 4.69) is 0 Å². The first-order valence-corrected chi connectivity index (χ1v) is 2.88. The molecule has 1 aliphatic rings. The lowest BCUT2D eigenvalue weighted by atomic mass is 9.95. The molecule has 0 aliphatic heterocycles. The molecule has 0 spiro atoms. The van der Waals surface area contributed by atoms with Gasteiger partial charge in [0.2, 0.25) is 11.6 Å². The van der Waals surface area contributed by atoms with Crippen molar-refractivity contribution in [2.45, 2.75) is 10.8 Å². The van der Waals surface area contributed by atoms with Crippen LogP contribution in [0.3, 0.4) is 0 Å². The minimum absolute atomic E-state index is 0.563. The fourth-order valence-electron chi connectivity index (χ4n) is 0.441. The summed E-state index contributed by atoms with van der Waals surface area (Å²) in [6, 6.07) is 0. The van der Waals surface area contributed by atoms with Crippen LogP contribution in [0, 0.1) is 0 Å². The van der Waals surface area contributed by atoms with Gasteiger partial charge in [-0.15, -0.1) is 23.2 Å². The van der Waals surface area contributed by atoms with Crippen LogP contribution < -0.4 is 0 Å². The van der Waals surface area contributed by atoms with Crippen LogP contribution in [0.25, 0.3) is 0 Å². The van der Waals surface area contributed by atoms with E-state index >= 15 is 0 Å². The lowest BCUT2D eigenvalue weighted by Crippen LogP contribution is -2.50. The van der Waals surface area contributed by atoms with Crippen LogP contribution in [-0.2, 0) is 9.59 Å². The zero-order valence-electron chi connectivity index (χ0n) is 3.73. The molecular formula is C4H2Cl2O2. The molecular weight excluding hydrogens is 151 g/mol. The first-order chi connectivity index (χ1) is 3.64. The third-order valence-electron chi connectivity index (χ3n) is 1.00. The van der Waals surface area contributed by atoms with Gasteiger partial charge in [0.15, 0.2) is 0 Å². The van der Waals surface area contributed by atoms with E-state index in [9.17, 15) is 9.59 Å². The van der Waals surface area contributed by atoms with E-state index < -0.39 is 22.3 Å². The molecule has 8 heavy (non-hydrogen) atoms. The molecule has 2 nitrogen and oxygen atoms in total. The molecule has 44 valence electrons. The molecule has 2 atom stereocenters. The molecule has 0 aromatic carbocycles. The summed E-state index contributed by atoms with van der Waals surface area (Å²) in [4.78, 5) is 20.4. The molecule has 1 saturated carbocycles. The maximum atomic E-state index is 10.2. The van der Waals surface area contributed by atoms with Crippen molar-refractivity contribution in [1.82, 2.24) is 0 Å². The van der Waals surface area contributed by atoms with E-state index in [1.807, 2.05) is 0 Å². The zero-order chi connectivity index (χ0) is 6.31. The summed E-state index contributed by atoms with van der Waals surface area (Å²) in [6.07, 6.45) is 0. The Morgan fingerprint density at radius 1 is 1.00 bits per heavy atom. The largest absolute Gasteiger partial charge is 0.289 e. The van der Waals surface area contributed by atoms with Crippen molar-refractivity contribution < 1.29 is 9.59 Å². The second-order valence-corrected chi connectivity index (χ2v) is 2.47. The molecule has 0 amide bonds. The zero-order valence-corrected chi connectivity index (χ0v) is 5.24. The summed E-state index contributed by atoms with van der Waals surface area (Å²) >= 11 is 10.5. The minimum Gasteiger partial charge on any atom is -0.289 e. The SMILES string of the molecule is O=C1C(=O)C(Cl)C1Cl. The van der Waals surface area contributed by atoms with Crippen LogP contribution >= 0.6 is 23.2 Å². The van der Waals surface area contributed by atoms with Gasteiger partial charge in [0.1, 0.15) is 10.8 Å². The summed E-state index contributed by atoms with van der Waals surface area (Å²) in [7, 11) is 0. The molecule has 0 N–H and O–H groups in total. The van der Waals surface area contributed by atoms with Gasteiger partial charge in [0, 0.05) is 0 Å². The highest BCUT2D eigenvalue weighted by atomic mass is 35.5. The molecule has 1 aliphatic carbocycles. The predicted octanol–water partition coefficient (Wildman–Crippen LogP) is 0.353. The molecule has 0 radical (unpaired) electrons. The monoisotopic (exact) mass is 152 g/mol. The third kappa shape index (κ3) is 0.565. The predicted molar refractivity (Wildman–Crippen MR) is 29.3 cm³/mol. The fraction of sp³-hybridized carbons (Fsp3) is 0.500. The van der Waals surface area contributed by atoms with Crippen molar-refractivity contribution in [2.75, 3.05) is 0 Å². The molecule has 0 heterocycles. The van der Waals surface area contributed by atoms with Gasteiger partial charge in [-0.1, -0.05) is 0 Å². The van der Waals surface area contributed by atoms with Crippen molar-refractivity contribution in [3.05, 3.63) is 0 Å². The lowest BCUT2D eigenvalue weighted by molar-refractivity contribution is -0.141. The normalized spacial score (nSPS) is 37.2. The number of rotatable bonds is 0. The van der Waals surface area contributed by atoms with Crippen LogP contribution in [-0.4, -0.2) is 22.3 Å². The van der Waals surface area contributed by atoms with E-state index in [0.29, 0.717) is 0 Å². The molecule has 0 bridgehead atoms. The second kappa shape index (κ2) is 1.71. The van der Waals surface area contributed by atoms with Crippen molar-refractivity contribution in [2.24, 2.45) is 0 Å². The number of hydrogen-bond donors (Lipinski definition) is 0. The van der Waals surface area contributed by atoms with Gasteiger partial charge in [0.05, 0.1) is 0 Å². The molecule has 1 rings (SSSR count). The molecule has 0 aromatic heterocycles. The van der Waals surface area contributed by atoms with Gasteiger partial charge in [-0.3, -0.25) is 9.59 Å². The fourth-order valence-corrected chi connectivity index (χ4v) is 0.885. The van der Waals surface area contributed by atoms with Gasteiger partial charge in [-0.2, -0.15) is 0 Å². The van der Waals surface area contributed by atoms with Crippen molar-refractivity contribution >= 4 is 34.8 Å². The molecule has 0 saturated heterocycles. The van der Waals surface area contributed by atoms with E-state index in [1.165, 1.54) is 0 Å². The average Bonchev–Trinajstić information content (AvgIpc) is 1.83. The highest BCUT2D eigenvalue weighted by Gasteiger charge is 2.46. The Morgan fingerprint density at radius 3 is 1.38 bits per heavy atom. The summed E-state index contributed by atoms with van der Waals surface area (Å²) < 4.78 is 0. The minimum atomic E-state index is -0.774. The summed E-state index contributed by atoms with van der Waals surface area (Å²) in [5.41, 5.74) is 0. The Labute approximate surface area is 55.8 Å². The quantitative estimate of drug-likeness (QED) is 0.371. The molecule has 1 fully saturated rings. The van der Waals surface area contributed by atoms with E-state index in [-0.39, 0.29) is 0 Å². The van der Waals surface area contributed by atoms with Gasteiger partial charge in [-0.25, -0.2) is 0 Å². The lowest BCUT2D eigenvalue weighted by Gasteiger charge is -2.21. The van der Waals surface area contributed by atoms with Crippen LogP contribution in [0.2, 0.25) is 0 Å². The summed E-state index contributed by atoms with van der Waals surface area (Å²) in [5, 5.41) is -1.55. The van der Waals surface area contributed by atoms with Gasteiger partial charge in [-0.05, 0) is 0 Å². The van der Waals surface area contributed by atoms with Gasteiger partial charge >= 0.3 is 0 Å². The Balaban J connectivity index is 2.68. The first kappa shape index (κ1) is 6.05.